The maximum absolute atomic E-state index is 12.5. The van der Waals surface area contributed by atoms with E-state index in [0.29, 0.717) is 34.7 Å². The number of methoxy groups -OCH3 is 3. The summed E-state index contributed by atoms with van der Waals surface area (Å²) >= 11 is 1.41. The summed E-state index contributed by atoms with van der Waals surface area (Å²) in [5.74, 6) is 2.19. The third kappa shape index (κ3) is 3.53. The molecule has 0 saturated carbocycles. The van der Waals surface area contributed by atoms with E-state index in [9.17, 15) is 9.90 Å². The number of aromatic nitrogens is 4. The Morgan fingerprint density at radius 3 is 2.56 bits per heavy atom. The lowest BCUT2D eigenvalue weighted by Crippen LogP contribution is -2.48. The van der Waals surface area contributed by atoms with Crippen molar-refractivity contribution in [2.75, 3.05) is 34.4 Å². The van der Waals surface area contributed by atoms with Crippen molar-refractivity contribution in [1.82, 2.24) is 24.1 Å². The van der Waals surface area contributed by atoms with E-state index in [1.54, 1.807) is 27.4 Å². The summed E-state index contributed by atoms with van der Waals surface area (Å²) in [5.41, 5.74) is 2.02. The van der Waals surface area contributed by atoms with Gasteiger partial charge in [0.15, 0.2) is 11.5 Å². The molecule has 2 bridgehead atoms. The first kappa shape index (κ1) is 22.9. The number of aromatic hydroxyl groups is 1. The molecule has 3 aromatic heterocycles. The Bertz CT molecular complexity index is 1470. The molecule has 11 heteroatoms. The van der Waals surface area contributed by atoms with Crippen LogP contribution in [0.25, 0.3) is 4.96 Å². The third-order valence-electron chi connectivity index (χ3n) is 7.26. The van der Waals surface area contributed by atoms with E-state index in [4.69, 9.17) is 14.2 Å². The van der Waals surface area contributed by atoms with Crippen molar-refractivity contribution in [3.8, 4) is 23.1 Å². The summed E-state index contributed by atoms with van der Waals surface area (Å²) in [7, 11) is 4.77. The molecule has 1 saturated heterocycles. The quantitative estimate of drug-likeness (QED) is 0.423. The summed E-state index contributed by atoms with van der Waals surface area (Å²) in [6.45, 7) is 2.19. The number of benzene rings is 1. The zero-order valence-corrected chi connectivity index (χ0v) is 21.1. The first-order chi connectivity index (χ1) is 17.5. The average Bonchev–Trinajstić information content (AvgIpc) is 3.47. The Balaban J connectivity index is 1.50. The number of thiazole rings is 1. The molecule has 0 aliphatic carbocycles. The van der Waals surface area contributed by atoms with Crippen molar-refractivity contribution in [2.24, 2.45) is 5.92 Å². The molecule has 3 unspecified atom stereocenters. The molecule has 1 fully saturated rings. The lowest BCUT2D eigenvalue weighted by atomic mass is 9.82. The number of hydrogen-bond acceptors (Lipinski definition) is 9. The van der Waals surface area contributed by atoms with Gasteiger partial charge in [0.2, 0.25) is 16.6 Å². The molecule has 36 heavy (non-hydrogen) atoms. The van der Waals surface area contributed by atoms with Crippen LogP contribution in [-0.2, 0) is 6.54 Å². The Morgan fingerprint density at radius 1 is 1.08 bits per heavy atom. The van der Waals surface area contributed by atoms with Gasteiger partial charge in [0, 0.05) is 37.3 Å². The van der Waals surface area contributed by atoms with Crippen LogP contribution in [0, 0.1) is 5.92 Å². The molecule has 4 aromatic rings. The number of ether oxygens (including phenoxy) is 3. The third-order valence-corrected chi connectivity index (χ3v) is 8.35. The second kappa shape index (κ2) is 8.82. The van der Waals surface area contributed by atoms with E-state index in [0.717, 1.165) is 35.6 Å². The minimum atomic E-state index is -0.306. The highest BCUT2D eigenvalue weighted by atomic mass is 32.1. The molecule has 0 amide bonds. The molecule has 10 nitrogen and oxygen atoms in total. The van der Waals surface area contributed by atoms with E-state index in [2.05, 4.69) is 21.0 Å². The zero-order valence-electron chi connectivity index (χ0n) is 20.2. The van der Waals surface area contributed by atoms with Gasteiger partial charge >= 0.3 is 0 Å². The van der Waals surface area contributed by atoms with Crippen LogP contribution in [0.3, 0.4) is 0 Å². The highest BCUT2D eigenvalue weighted by Crippen LogP contribution is 2.48. The van der Waals surface area contributed by atoms with Crippen LogP contribution in [0.2, 0.25) is 0 Å². The van der Waals surface area contributed by atoms with Crippen LogP contribution in [0.4, 0.5) is 0 Å². The molecule has 0 radical (unpaired) electrons. The first-order valence-electron chi connectivity index (χ1n) is 11.8. The van der Waals surface area contributed by atoms with Crippen molar-refractivity contribution in [3.05, 3.63) is 63.1 Å². The smallest absolute Gasteiger partial charge is 0.250 e. The second-order valence-corrected chi connectivity index (χ2v) is 10.3. The minimum absolute atomic E-state index is 0.0556. The molecular weight excluding hydrogens is 482 g/mol. The fourth-order valence-electron chi connectivity index (χ4n) is 5.80. The summed E-state index contributed by atoms with van der Waals surface area (Å²) in [4.78, 5) is 20.6. The largest absolute Gasteiger partial charge is 0.493 e. The SMILES string of the molecule is COc1cc(C(c2sc3ncnn3c2O)N2CC3CC(C2)c2cccc(=O)n2C3)cc(OC)c1OC. The number of rotatable bonds is 6. The van der Waals surface area contributed by atoms with Gasteiger partial charge in [-0.3, -0.25) is 9.69 Å². The van der Waals surface area contributed by atoms with Gasteiger partial charge in [-0.15, -0.1) is 0 Å². The van der Waals surface area contributed by atoms with Crippen LogP contribution in [-0.4, -0.2) is 63.6 Å². The molecular formula is C25H27N5O5S. The van der Waals surface area contributed by atoms with Crippen molar-refractivity contribution < 1.29 is 19.3 Å². The topological polar surface area (TPSA) is 103 Å². The van der Waals surface area contributed by atoms with E-state index < -0.39 is 0 Å². The fraction of sp³-hybridized carbons (Fsp3) is 0.400. The Morgan fingerprint density at radius 2 is 1.86 bits per heavy atom. The summed E-state index contributed by atoms with van der Waals surface area (Å²) in [5, 5.41) is 15.4. The van der Waals surface area contributed by atoms with Gasteiger partial charge in [-0.2, -0.15) is 9.61 Å². The Labute approximate surface area is 211 Å². The van der Waals surface area contributed by atoms with Gasteiger partial charge in [-0.25, -0.2) is 4.98 Å². The number of hydrogen-bond donors (Lipinski definition) is 1. The van der Waals surface area contributed by atoms with Gasteiger partial charge in [0.1, 0.15) is 6.33 Å². The molecule has 188 valence electrons. The number of piperidine rings is 1. The van der Waals surface area contributed by atoms with Crippen LogP contribution >= 0.6 is 11.3 Å². The maximum atomic E-state index is 12.5. The molecule has 2 aliphatic rings. The van der Waals surface area contributed by atoms with Crippen LogP contribution in [0.15, 0.2) is 41.5 Å². The predicted molar refractivity (Wildman–Crippen MR) is 134 cm³/mol. The number of fused-ring (bicyclic) bond motifs is 5. The maximum Gasteiger partial charge on any atom is 0.250 e. The van der Waals surface area contributed by atoms with Gasteiger partial charge in [-0.05, 0) is 36.1 Å². The van der Waals surface area contributed by atoms with E-state index >= 15 is 0 Å². The predicted octanol–water partition coefficient (Wildman–Crippen LogP) is 2.89. The summed E-state index contributed by atoms with van der Waals surface area (Å²) in [6.07, 6.45) is 2.47. The van der Waals surface area contributed by atoms with E-state index in [-0.39, 0.29) is 23.4 Å². The normalized spacial score (nSPS) is 20.2. The standard InChI is InChI=1S/C25H27N5O5S/c1-33-18-8-15(9-19(34-2)22(18)35-3)21(23-24(32)30-25(36-23)26-13-27-30)28-10-14-7-16(12-28)17-5-4-6-20(31)29(17)11-14/h4-6,8-9,13-14,16,21,32H,7,10-12H2,1-3H3. The highest BCUT2D eigenvalue weighted by Gasteiger charge is 2.40. The van der Waals surface area contributed by atoms with Crippen molar-refractivity contribution in [3.63, 3.8) is 0 Å². The van der Waals surface area contributed by atoms with Gasteiger partial charge < -0.3 is 23.9 Å². The summed E-state index contributed by atoms with van der Waals surface area (Å²) in [6, 6.07) is 9.10. The minimum Gasteiger partial charge on any atom is -0.493 e. The number of likely N-dealkylation sites (tertiary alicyclic amines) is 1. The molecule has 1 N–H and O–H groups in total. The van der Waals surface area contributed by atoms with Crippen LogP contribution in [0.5, 0.6) is 23.1 Å². The Kier molecular flexibility index (Phi) is 5.60. The molecule has 2 aliphatic heterocycles. The highest BCUT2D eigenvalue weighted by molar-refractivity contribution is 7.17. The van der Waals surface area contributed by atoms with Crippen molar-refractivity contribution in [1.29, 1.82) is 0 Å². The number of nitrogens with zero attached hydrogens (tertiary/aromatic N) is 5. The lowest BCUT2D eigenvalue weighted by Gasteiger charge is -2.45. The molecule has 1 aromatic carbocycles. The Hall–Kier alpha value is -3.57. The lowest BCUT2D eigenvalue weighted by molar-refractivity contribution is 0.0950. The molecule has 6 rings (SSSR count). The van der Waals surface area contributed by atoms with Crippen LogP contribution in [0.1, 0.15) is 34.5 Å². The average molecular weight is 510 g/mol. The van der Waals surface area contributed by atoms with Gasteiger partial charge in [0.25, 0.3) is 5.56 Å². The monoisotopic (exact) mass is 509 g/mol. The summed E-state index contributed by atoms with van der Waals surface area (Å²) < 4.78 is 20.2. The molecule has 5 heterocycles. The van der Waals surface area contributed by atoms with Crippen LogP contribution < -0.4 is 19.8 Å². The second-order valence-electron chi connectivity index (χ2n) is 9.26. The van der Waals surface area contributed by atoms with Crippen molar-refractivity contribution in [2.45, 2.75) is 24.9 Å². The van der Waals surface area contributed by atoms with Gasteiger partial charge in [0.05, 0.1) is 32.2 Å². The molecule has 0 spiro atoms. The van der Waals surface area contributed by atoms with Gasteiger partial charge in [-0.1, -0.05) is 17.4 Å². The fourth-order valence-corrected chi connectivity index (χ4v) is 6.89. The van der Waals surface area contributed by atoms with Crippen molar-refractivity contribution >= 4 is 16.3 Å². The first-order valence-corrected chi connectivity index (χ1v) is 12.6. The van der Waals surface area contributed by atoms with E-state index in [1.807, 2.05) is 22.8 Å². The number of pyridine rings is 1. The van der Waals surface area contributed by atoms with E-state index in [1.165, 1.54) is 22.2 Å². The molecule has 3 atom stereocenters. The zero-order chi connectivity index (χ0) is 25.0.